The van der Waals surface area contributed by atoms with Gasteiger partial charge in [0.15, 0.2) is 0 Å². The summed E-state index contributed by atoms with van der Waals surface area (Å²) in [7, 11) is 0. The van der Waals surface area contributed by atoms with E-state index in [-0.39, 0.29) is 34.9 Å². The fourth-order valence-electron chi connectivity index (χ4n) is 4.79. The van der Waals surface area contributed by atoms with E-state index >= 15 is 0 Å². The number of hydrogen-bond donors (Lipinski definition) is 2. The molecule has 0 saturated carbocycles. The molecule has 0 atom stereocenters. The number of phenols is 1. The van der Waals surface area contributed by atoms with Crippen molar-refractivity contribution in [1.29, 1.82) is 0 Å². The van der Waals surface area contributed by atoms with E-state index in [9.17, 15) is 14.7 Å². The molecule has 206 valence electrons. The van der Waals surface area contributed by atoms with Crippen molar-refractivity contribution in [2.45, 2.75) is 52.4 Å². The lowest BCUT2D eigenvalue weighted by atomic mass is 9.79. The Hall–Kier alpha value is -3.71. The third-order valence-electron chi connectivity index (χ3n) is 7.23. The van der Waals surface area contributed by atoms with Gasteiger partial charge in [-0.1, -0.05) is 77.9 Å². The molecule has 7 nitrogen and oxygen atoms in total. The second-order valence-corrected chi connectivity index (χ2v) is 12.4. The molecule has 2 N–H and O–H groups in total. The minimum absolute atomic E-state index is 0.0152. The number of hydrazone groups is 1. The Kier molecular flexibility index (Phi) is 8.12. The molecule has 0 aromatic heterocycles. The molecule has 1 fully saturated rings. The van der Waals surface area contributed by atoms with Crippen LogP contribution in [-0.4, -0.2) is 65.7 Å². The van der Waals surface area contributed by atoms with Crippen LogP contribution in [0.3, 0.4) is 0 Å². The standard InChI is InChI=1S/C32H40N4O3/c1-31(2,3)26-18-25(29(38)27(19-26)32(4,5)6)20-33-34-28(37)21-35-13-15-36(16-14-35)30(39)24-12-11-22-9-7-8-10-23(22)17-24/h7-12,17-20,38H,13-16,21H2,1-6H3,(H,34,37). The summed E-state index contributed by atoms with van der Waals surface area (Å²) in [4.78, 5) is 29.5. The first-order valence-electron chi connectivity index (χ1n) is 13.5. The smallest absolute Gasteiger partial charge is 0.254 e. The number of fused-ring (bicyclic) bond motifs is 1. The second kappa shape index (κ2) is 11.2. The Morgan fingerprint density at radius 3 is 2.21 bits per heavy atom. The molecule has 0 radical (unpaired) electrons. The summed E-state index contributed by atoms with van der Waals surface area (Å²) in [5.74, 6) is -0.0369. The summed E-state index contributed by atoms with van der Waals surface area (Å²) in [5.41, 5.74) is 5.45. The lowest BCUT2D eigenvalue weighted by Crippen LogP contribution is -2.50. The van der Waals surface area contributed by atoms with Gasteiger partial charge in [-0.15, -0.1) is 0 Å². The van der Waals surface area contributed by atoms with E-state index in [2.05, 4.69) is 58.1 Å². The zero-order chi connectivity index (χ0) is 28.4. The van der Waals surface area contributed by atoms with Gasteiger partial charge in [0, 0.05) is 42.9 Å². The van der Waals surface area contributed by atoms with Crippen LogP contribution in [0, 0.1) is 0 Å². The molecule has 1 aliphatic rings. The molecule has 0 spiro atoms. The minimum Gasteiger partial charge on any atom is -0.507 e. The van der Waals surface area contributed by atoms with Gasteiger partial charge >= 0.3 is 0 Å². The van der Waals surface area contributed by atoms with Crippen LogP contribution < -0.4 is 5.43 Å². The summed E-state index contributed by atoms with van der Waals surface area (Å²) in [6.45, 7) is 15.1. The summed E-state index contributed by atoms with van der Waals surface area (Å²) in [6, 6.07) is 17.8. The maximum atomic E-state index is 13.0. The highest BCUT2D eigenvalue weighted by Crippen LogP contribution is 2.37. The molecular formula is C32H40N4O3. The normalized spacial score (nSPS) is 15.2. The second-order valence-electron chi connectivity index (χ2n) is 12.4. The first-order valence-corrected chi connectivity index (χ1v) is 13.5. The first-order chi connectivity index (χ1) is 18.3. The van der Waals surface area contributed by atoms with E-state index in [0.29, 0.717) is 37.3 Å². The molecule has 39 heavy (non-hydrogen) atoms. The predicted octanol–water partition coefficient (Wildman–Crippen LogP) is 5.05. The van der Waals surface area contributed by atoms with Crippen molar-refractivity contribution >= 4 is 28.8 Å². The van der Waals surface area contributed by atoms with Crippen LogP contribution >= 0.6 is 0 Å². The third-order valence-corrected chi connectivity index (χ3v) is 7.23. The molecule has 1 aliphatic heterocycles. The van der Waals surface area contributed by atoms with E-state index in [1.54, 1.807) is 0 Å². The van der Waals surface area contributed by atoms with Crippen molar-refractivity contribution in [2.75, 3.05) is 32.7 Å². The van der Waals surface area contributed by atoms with Crippen molar-refractivity contribution in [1.82, 2.24) is 15.2 Å². The number of nitrogens with one attached hydrogen (secondary N) is 1. The average Bonchev–Trinajstić information content (AvgIpc) is 2.88. The number of benzene rings is 3. The summed E-state index contributed by atoms with van der Waals surface area (Å²) >= 11 is 0. The SMILES string of the molecule is CC(C)(C)c1cc(C=NNC(=O)CN2CCN(C(=O)c3ccc4ccccc4c3)CC2)c(O)c(C(C)(C)C)c1. The highest BCUT2D eigenvalue weighted by molar-refractivity contribution is 5.98. The molecule has 1 heterocycles. The van der Waals surface area contributed by atoms with Crippen LogP contribution in [0.5, 0.6) is 5.75 Å². The lowest BCUT2D eigenvalue weighted by molar-refractivity contribution is -0.122. The number of hydrogen-bond acceptors (Lipinski definition) is 5. The number of carbonyl (C=O) groups excluding carboxylic acids is 2. The summed E-state index contributed by atoms with van der Waals surface area (Å²) in [6.07, 6.45) is 1.51. The third kappa shape index (κ3) is 6.84. The Morgan fingerprint density at radius 2 is 1.56 bits per heavy atom. The van der Waals surface area contributed by atoms with Crippen molar-refractivity contribution in [3.8, 4) is 5.75 Å². The fraction of sp³-hybridized carbons (Fsp3) is 0.406. The van der Waals surface area contributed by atoms with Crippen molar-refractivity contribution < 1.29 is 14.7 Å². The maximum Gasteiger partial charge on any atom is 0.254 e. The molecule has 3 aromatic carbocycles. The number of carbonyl (C=O) groups is 2. The van der Waals surface area contributed by atoms with Gasteiger partial charge in [0.05, 0.1) is 12.8 Å². The van der Waals surface area contributed by atoms with Crippen LogP contribution in [0.15, 0.2) is 59.7 Å². The van der Waals surface area contributed by atoms with Crippen molar-refractivity contribution in [3.05, 3.63) is 76.9 Å². The molecule has 0 bridgehead atoms. The Balaban J connectivity index is 1.33. The quantitative estimate of drug-likeness (QED) is 0.359. The van der Waals surface area contributed by atoms with Crippen LogP contribution in [-0.2, 0) is 15.6 Å². The van der Waals surface area contributed by atoms with Crippen molar-refractivity contribution in [3.63, 3.8) is 0 Å². The fourth-order valence-corrected chi connectivity index (χ4v) is 4.79. The zero-order valence-corrected chi connectivity index (χ0v) is 23.9. The highest BCUT2D eigenvalue weighted by Gasteiger charge is 2.25. The topological polar surface area (TPSA) is 85.2 Å². The van der Waals surface area contributed by atoms with Gasteiger partial charge in [0.2, 0.25) is 0 Å². The summed E-state index contributed by atoms with van der Waals surface area (Å²) < 4.78 is 0. The molecule has 7 heteroatoms. The van der Waals surface area contributed by atoms with E-state index in [1.807, 2.05) is 58.3 Å². The van der Waals surface area contributed by atoms with Gasteiger partial charge in [0.25, 0.3) is 11.8 Å². The van der Waals surface area contributed by atoms with Gasteiger partial charge in [-0.2, -0.15) is 5.10 Å². The van der Waals surface area contributed by atoms with Crippen LogP contribution in [0.2, 0.25) is 0 Å². The van der Waals surface area contributed by atoms with E-state index in [4.69, 9.17) is 0 Å². The molecule has 0 aliphatic carbocycles. The maximum absolute atomic E-state index is 13.0. The Bertz CT molecular complexity index is 1390. The van der Waals surface area contributed by atoms with Crippen LogP contribution in [0.1, 0.15) is 68.6 Å². The van der Waals surface area contributed by atoms with E-state index in [0.717, 1.165) is 21.9 Å². The molecule has 1 saturated heterocycles. The number of aromatic hydroxyl groups is 1. The number of phenolic OH excluding ortho intramolecular Hbond substituents is 1. The van der Waals surface area contributed by atoms with Crippen LogP contribution in [0.25, 0.3) is 10.8 Å². The van der Waals surface area contributed by atoms with Crippen molar-refractivity contribution in [2.24, 2.45) is 5.10 Å². The van der Waals surface area contributed by atoms with Gasteiger partial charge in [-0.3, -0.25) is 14.5 Å². The number of nitrogens with zero attached hydrogens (tertiary/aromatic N) is 3. The zero-order valence-electron chi connectivity index (χ0n) is 23.9. The minimum atomic E-state index is -0.241. The van der Waals surface area contributed by atoms with Crippen LogP contribution in [0.4, 0.5) is 0 Å². The summed E-state index contributed by atoms with van der Waals surface area (Å²) in [5, 5.41) is 17.2. The first kappa shape index (κ1) is 28.3. The average molecular weight is 529 g/mol. The molecule has 2 amide bonds. The number of piperazine rings is 1. The van der Waals surface area contributed by atoms with Gasteiger partial charge < -0.3 is 10.0 Å². The Morgan fingerprint density at radius 1 is 0.897 bits per heavy atom. The van der Waals surface area contributed by atoms with E-state index < -0.39 is 0 Å². The predicted molar refractivity (Wildman–Crippen MR) is 158 cm³/mol. The molecule has 4 rings (SSSR count). The van der Waals surface area contributed by atoms with Gasteiger partial charge in [-0.25, -0.2) is 5.43 Å². The number of rotatable bonds is 5. The lowest BCUT2D eigenvalue weighted by Gasteiger charge is -2.34. The molecule has 0 unspecified atom stereocenters. The van der Waals surface area contributed by atoms with E-state index in [1.165, 1.54) is 6.21 Å². The molecular weight excluding hydrogens is 488 g/mol. The Labute approximate surface area is 231 Å². The highest BCUT2D eigenvalue weighted by atomic mass is 16.3. The largest absolute Gasteiger partial charge is 0.507 e. The number of amides is 2. The monoisotopic (exact) mass is 528 g/mol. The van der Waals surface area contributed by atoms with Gasteiger partial charge in [-0.05, 0) is 45.4 Å². The molecule has 3 aromatic rings. The van der Waals surface area contributed by atoms with Gasteiger partial charge in [0.1, 0.15) is 5.75 Å².